The van der Waals surface area contributed by atoms with Crippen LogP contribution in [0.4, 0.5) is 0 Å². The number of hydrogen-bond donors (Lipinski definition) is 3. The second-order valence-electron chi connectivity index (χ2n) is 3.02. The van der Waals surface area contributed by atoms with Crippen LogP contribution in [0.15, 0.2) is 24.3 Å². The number of carboxylic acids is 1. The van der Waals surface area contributed by atoms with Crippen molar-refractivity contribution in [3.8, 4) is 11.9 Å². The number of hydrogen-bond acceptors (Lipinski definition) is 4. The van der Waals surface area contributed by atoms with E-state index in [-0.39, 0.29) is 12.2 Å². The van der Waals surface area contributed by atoms with Crippen molar-refractivity contribution in [3.63, 3.8) is 0 Å². The van der Waals surface area contributed by atoms with Crippen molar-refractivity contribution < 1.29 is 15.0 Å². The zero-order valence-corrected chi connectivity index (χ0v) is 7.84. The summed E-state index contributed by atoms with van der Waals surface area (Å²) in [6.45, 7) is 0. The zero-order valence-electron chi connectivity index (χ0n) is 7.84. The molecule has 1 rings (SSSR count). The third kappa shape index (κ3) is 3.19. The Hall–Kier alpha value is -2.22. The number of nitriles is 1. The van der Waals surface area contributed by atoms with Crippen LogP contribution in [0.1, 0.15) is 5.56 Å². The monoisotopic (exact) mass is 206 g/mol. The number of benzene rings is 1. The van der Waals surface area contributed by atoms with Crippen molar-refractivity contribution in [2.45, 2.75) is 12.5 Å². The highest BCUT2D eigenvalue weighted by atomic mass is 16.4. The van der Waals surface area contributed by atoms with Crippen molar-refractivity contribution in [1.82, 2.24) is 5.32 Å². The molecular formula is C10H10N2O3. The largest absolute Gasteiger partial charge is 0.508 e. The van der Waals surface area contributed by atoms with E-state index in [4.69, 9.17) is 15.5 Å². The predicted octanol–water partition coefficient (Wildman–Crippen LogP) is 0.459. The molecule has 0 aliphatic rings. The number of aromatic hydroxyl groups is 1. The average molecular weight is 206 g/mol. The van der Waals surface area contributed by atoms with Gasteiger partial charge in [-0.1, -0.05) is 12.1 Å². The van der Waals surface area contributed by atoms with Crippen LogP contribution in [0.2, 0.25) is 0 Å². The SMILES string of the molecule is N#CN[C@@H](Cc1ccc(O)cc1)C(=O)O. The lowest BCUT2D eigenvalue weighted by Crippen LogP contribution is -2.35. The number of phenols is 1. The molecule has 1 atom stereocenters. The molecule has 0 saturated heterocycles. The molecule has 0 aliphatic heterocycles. The van der Waals surface area contributed by atoms with Gasteiger partial charge in [-0.15, -0.1) is 0 Å². The van der Waals surface area contributed by atoms with Gasteiger partial charge in [0, 0.05) is 6.42 Å². The molecule has 0 unspecified atom stereocenters. The lowest BCUT2D eigenvalue weighted by molar-refractivity contribution is -0.139. The van der Waals surface area contributed by atoms with Crippen LogP contribution >= 0.6 is 0 Å². The fraction of sp³-hybridized carbons (Fsp3) is 0.200. The van der Waals surface area contributed by atoms with Crippen molar-refractivity contribution in [3.05, 3.63) is 29.8 Å². The highest BCUT2D eigenvalue weighted by Gasteiger charge is 2.16. The number of nitrogens with one attached hydrogen (secondary N) is 1. The minimum Gasteiger partial charge on any atom is -0.508 e. The average Bonchev–Trinajstić information content (AvgIpc) is 2.20. The van der Waals surface area contributed by atoms with E-state index < -0.39 is 12.0 Å². The molecule has 0 aromatic heterocycles. The van der Waals surface area contributed by atoms with Gasteiger partial charge < -0.3 is 15.5 Å². The van der Waals surface area contributed by atoms with Crippen molar-refractivity contribution in [2.24, 2.45) is 0 Å². The van der Waals surface area contributed by atoms with Gasteiger partial charge >= 0.3 is 5.97 Å². The van der Waals surface area contributed by atoms with Gasteiger partial charge in [0.15, 0.2) is 6.19 Å². The number of carboxylic acid groups (broad SMARTS) is 1. The molecular weight excluding hydrogens is 196 g/mol. The number of phenolic OH excluding ortho intramolecular Hbond substituents is 1. The first-order valence-electron chi connectivity index (χ1n) is 4.29. The molecule has 15 heavy (non-hydrogen) atoms. The zero-order chi connectivity index (χ0) is 11.3. The van der Waals surface area contributed by atoms with Crippen LogP contribution in [0.3, 0.4) is 0 Å². The van der Waals surface area contributed by atoms with Crippen molar-refractivity contribution in [1.29, 1.82) is 5.26 Å². The van der Waals surface area contributed by atoms with E-state index in [1.807, 2.05) is 0 Å². The first-order chi connectivity index (χ1) is 7.13. The molecule has 78 valence electrons. The summed E-state index contributed by atoms with van der Waals surface area (Å²) >= 11 is 0. The van der Waals surface area contributed by atoms with E-state index in [1.54, 1.807) is 18.3 Å². The van der Waals surface area contributed by atoms with Crippen LogP contribution in [0.5, 0.6) is 5.75 Å². The lowest BCUT2D eigenvalue weighted by Gasteiger charge is -2.09. The number of nitrogens with zero attached hydrogens (tertiary/aromatic N) is 1. The Morgan fingerprint density at radius 3 is 2.53 bits per heavy atom. The number of rotatable bonds is 4. The smallest absolute Gasteiger partial charge is 0.327 e. The van der Waals surface area contributed by atoms with Gasteiger partial charge in [0.2, 0.25) is 0 Å². The fourth-order valence-electron chi connectivity index (χ4n) is 1.15. The summed E-state index contributed by atoms with van der Waals surface area (Å²) in [6.07, 6.45) is 1.80. The van der Waals surface area contributed by atoms with E-state index in [0.29, 0.717) is 0 Å². The van der Waals surface area contributed by atoms with E-state index in [1.165, 1.54) is 12.1 Å². The summed E-state index contributed by atoms with van der Waals surface area (Å²) in [4.78, 5) is 10.7. The topological polar surface area (TPSA) is 93.4 Å². The molecule has 0 saturated carbocycles. The molecule has 1 aromatic rings. The molecule has 5 heteroatoms. The Kier molecular flexibility index (Phi) is 3.52. The molecule has 0 spiro atoms. The summed E-state index contributed by atoms with van der Waals surface area (Å²) in [5, 5.41) is 28.3. The Labute approximate surface area is 86.6 Å². The van der Waals surface area contributed by atoms with Gasteiger partial charge in [0.1, 0.15) is 11.8 Å². The maximum absolute atomic E-state index is 10.7. The van der Waals surface area contributed by atoms with Gasteiger partial charge in [0.05, 0.1) is 0 Å². The molecule has 0 radical (unpaired) electrons. The molecule has 0 amide bonds. The summed E-state index contributed by atoms with van der Waals surface area (Å²) in [7, 11) is 0. The third-order valence-electron chi connectivity index (χ3n) is 1.91. The summed E-state index contributed by atoms with van der Waals surface area (Å²) in [6, 6.07) is 5.25. The Morgan fingerprint density at radius 2 is 2.07 bits per heavy atom. The number of carbonyl (C=O) groups is 1. The molecule has 1 aromatic carbocycles. The quantitative estimate of drug-likeness (QED) is 0.491. The first-order valence-corrected chi connectivity index (χ1v) is 4.29. The standard InChI is InChI=1S/C10H10N2O3/c11-6-12-9(10(14)15)5-7-1-3-8(13)4-2-7/h1-4,9,12-13H,5H2,(H,14,15)/t9-/m0/s1. The van der Waals surface area contributed by atoms with E-state index in [9.17, 15) is 4.79 Å². The molecule has 3 N–H and O–H groups in total. The maximum atomic E-state index is 10.7. The lowest BCUT2D eigenvalue weighted by atomic mass is 10.1. The van der Waals surface area contributed by atoms with E-state index in [0.717, 1.165) is 5.56 Å². The van der Waals surface area contributed by atoms with Crippen LogP contribution < -0.4 is 5.32 Å². The Balaban J connectivity index is 2.70. The molecule has 0 bridgehead atoms. The summed E-state index contributed by atoms with van der Waals surface area (Å²) in [5.74, 6) is -0.955. The third-order valence-corrected chi connectivity index (χ3v) is 1.91. The maximum Gasteiger partial charge on any atom is 0.327 e. The Morgan fingerprint density at radius 1 is 1.47 bits per heavy atom. The number of aliphatic carboxylic acids is 1. The van der Waals surface area contributed by atoms with Crippen LogP contribution in [0.25, 0.3) is 0 Å². The molecule has 0 aliphatic carbocycles. The minimum atomic E-state index is -1.08. The van der Waals surface area contributed by atoms with Crippen LogP contribution in [-0.4, -0.2) is 22.2 Å². The predicted molar refractivity (Wildman–Crippen MR) is 52.0 cm³/mol. The molecule has 0 heterocycles. The van der Waals surface area contributed by atoms with Crippen LogP contribution in [0, 0.1) is 11.5 Å². The van der Waals surface area contributed by atoms with E-state index in [2.05, 4.69) is 5.32 Å². The van der Waals surface area contributed by atoms with Crippen molar-refractivity contribution in [2.75, 3.05) is 0 Å². The summed E-state index contributed by atoms with van der Waals surface area (Å²) < 4.78 is 0. The highest BCUT2D eigenvalue weighted by Crippen LogP contribution is 2.11. The normalized spacial score (nSPS) is 11.4. The van der Waals surface area contributed by atoms with Gasteiger partial charge in [-0.2, -0.15) is 5.26 Å². The fourth-order valence-corrected chi connectivity index (χ4v) is 1.15. The van der Waals surface area contributed by atoms with Gasteiger partial charge in [-0.25, -0.2) is 4.79 Å². The first kappa shape index (κ1) is 10.9. The van der Waals surface area contributed by atoms with Crippen LogP contribution in [-0.2, 0) is 11.2 Å². The van der Waals surface area contributed by atoms with Crippen molar-refractivity contribution >= 4 is 5.97 Å². The van der Waals surface area contributed by atoms with Gasteiger partial charge in [0.25, 0.3) is 0 Å². The Bertz CT molecular complexity index is 381. The second-order valence-corrected chi connectivity index (χ2v) is 3.02. The van der Waals surface area contributed by atoms with Gasteiger partial charge in [-0.3, -0.25) is 0 Å². The highest BCUT2D eigenvalue weighted by molar-refractivity contribution is 5.74. The minimum absolute atomic E-state index is 0.124. The second kappa shape index (κ2) is 4.86. The summed E-state index contributed by atoms with van der Waals surface area (Å²) in [5.41, 5.74) is 0.739. The van der Waals surface area contributed by atoms with Gasteiger partial charge in [-0.05, 0) is 17.7 Å². The van der Waals surface area contributed by atoms with E-state index >= 15 is 0 Å². The molecule has 0 fully saturated rings. The molecule has 5 nitrogen and oxygen atoms in total.